The van der Waals surface area contributed by atoms with Crippen molar-refractivity contribution >= 4 is 13.3 Å². The van der Waals surface area contributed by atoms with E-state index in [-0.39, 0.29) is 5.75 Å². The van der Waals surface area contributed by atoms with Gasteiger partial charge in [0.1, 0.15) is 5.75 Å². The Kier molecular flexibility index (Phi) is 6.19. The van der Waals surface area contributed by atoms with Crippen LogP contribution in [0.4, 0.5) is 5.69 Å². The molecule has 1 aromatic rings. The Hall–Kier alpha value is -1.03. The van der Waals surface area contributed by atoms with Crippen molar-refractivity contribution < 1.29 is 18.7 Å². The second-order valence-electron chi connectivity index (χ2n) is 3.64. The average Bonchev–Trinajstić information content (AvgIpc) is 2.32. The van der Waals surface area contributed by atoms with Gasteiger partial charge in [0.25, 0.3) is 0 Å². The number of nitrogens with one attached hydrogen (secondary N) is 1. The van der Waals surface area contributed by atoms with Crippen molar-refractivity contribution in [3.05, 3.63) is 24.3 Å². The number of aromatic hydroxyl groups is 1. The fourth-order valence-electron chi connectivity index (χ4n) is 1.48. The predicted molar refractivity (Wildman–Crippen MR) is 72.3 cm³/mol. The summed E-state index contributed by atoms with van der Waals surface area (Å²) in [5.41, 5.74) is 0.854. The number of hydrogen-bond donors (Lipinski definition) is 2. The number of phenolic OH excluding ortho intramolecular Hbond substituents is 1. The van der Waals surface area contributed by atoms with Crippen LogP contribution in [0.25, 0.3) is 0 Å². The normalized spacial score (nSPS) is 11.4. The van der Waals surface area contributed by atoms with Gasteiger partial charge in [-0.15, -0.1) is 0 Å². The monoisotopic (exact) mass is 273 g/mol. The molecule has 0 radical (unpaired) electrons. The van der Waals surface area contributed by atoms with E-state index in [9.17, 15) is 4.57 Å². The molecule has 102 valence electrons. The molecule has 0 saturated carbocycles. The van der Waals surface area contributed by atoms with Gasteiger partial charge < -0.3 is 19.5 Å². The second-order valence-corrected chi connectivity index (χ2v) is 5.83. The molecule has 0 spiro atoms. The van der Waals surface area contributed by atoms with E-state index in [1.165, 1.54) is 0 Å². The summed E-state index contributed by atoms with van der Waals surface area (Å²) in [4.78, 5) is 0. The molecule has 5 nitrogen and oxygen atoms in total. The highest BCUT2D eigenvalue weighted by molar-refractivity contribution is 7.53. The van der Waals surface area contributed by atoms with E-state index >= 15 is 0 Å². The first-order valence-corrected chi connectivity index (χ1v) is 7.73. The van der Waals surface area contributed by atoms with E-state index in [1.807, 2.05) is 0 Å². The van der Waals surface area contributed by atoms with Crippen molar-refractivity contribution in [2.75, 3.05) is 31.2 Å². The third-order valence-corrected chi connectivity index (χ3v) is 4.31. The lowest BCUT2D eigenvalue weighted by Crippen LogP contribution is -2.10. The minimum absolute atomic E-state index is 0.217. The van der Waals surface area contributed by atoms with E-state index in [4.69, 9.17) is 14.2 Å². The van der Waals surface area contributed by atoms with Gasteiger partial charge in [-0.25, -0.2) is 0 Å². The highest BCUT2D eigenvalue weighted by atomic mass is 31.2. The molecular formula is C12H20NO4P. The predicted octanol–water partition coefficient (Wildman–Crippen LogP) is 3.07. The van der Waals surface area contributed by atoms with Crippen molar-refractivity contribution in [2.45, 2.75) is 13.8 Å². The maximum absolute atomic E-state index is 12.1. The van der Waals surface area contributed by atoms with Gasteiger partial charge in [-0.3, -0.25) is 4.57 Å². The van der Waals surface area contributed by atoms with Crippen molar-refractivity contribution in [2.24, 2.45) is 0 Å². The summed E-state index contributed by atoms with van der Waals surface area (Å²) < 4.78 is 22.5. The topological polar surface area (TPSA) is 67.8 Å². The minimum Gasteiger partial charge on any atom is -0.508 e. The Morgan fingerprint density at radius 2 is 1.72 bits per heavy atom. The lowest BCUT2D eigenvalue weighted by Gasteiger charge is -2.17. The Balaban J connectivity index is 2.43. The van der Waals surface area contributed by atoms with Gasteiger partial charge in [-0.05, 0) is 38.1 Å². The minimum atomic E-state index is -2.98. The molecule has 0 atom stereocenters. The molecule has 0 amide bonds. The van der Waals surface area contributed by atoms with Crippen LogP contribution in [-0.2, 0) is 13.6 Å². The molecule has 0 aromatic heterocycles. The van der Waals surface area contributed by atoms with Gasteiger partial charge in [0.15, 0.2) is 0 Å². The summed E-state index contributed by atoms with van der Waals surface area (Å²) in [6.07, 6.45) is 0.315. The Morgan fingerprint density at radius 3 is 2.22 bits per heavy atom. The molecule has 6 heteroatoms. The van der Waals surface area contributed by atoms with Gasteiger partial charge in [0.2, 0.25) is 0 Å². The zero-order valence-corrected chi connectivity index (χ0v) is 11.7. The van der Waals surface area contributed by atoms with Crippen LogP contribution >= 0.6 is 7.60 Å². The van der Waals surface area contributed by atoms with E-state index in [0.717, 1.165) is 5.69 Å². The molecular weight excluding hydrogens is 253 g/mol. The third kappa shape index (κ3) is 5.08. The van der Waals surface area contributed by atoms with Crippen LogP contribution in [0.5, 0.6) is 5.75 Å². The van der Waals surface area contributed by atoms with Crippen molar-refractivity contribution in [1.29, 1.82) is 0 Å². The summed E-state index contributed by atoms with van der Waals surface area (Å²) in [5.74, 6) is 0.217. The standard InChI is InChI=1S/C12H20NO4P/c1-3-16-18(15,17-4-2)10-9-13-11-5-7-12(14)8-6-11/h5-8,13-14H,3-4,9-10H2,1-2H3. The SMILES string of the molecule is CCOP(=O)(CCNc1ccc(O)cc1)OCC. The maximum atomic E-state index is 12.1. The van der Waals surface area contributed by atoms with Crippen LogP contribution in [0.1, 0.15) is 13.8 Å². The molecule has 0 bridgehead atoms. The van der Waals surface area contributed by atoms with Crippen LogP contribution < -0.4 is 5.32 Å². The summed E-state index contributed by atoms with van der Waals surface area (Å²) in [5, 5.41) is 12.2. The van der Waals surface area contributed by atoms with Crippen molar-refractivity contribution in [3.8, 4) is 5.75 Å². The van der Waals surface area contributed by atoms with E-state index in [0.29, 0.717) is 25.9 Å². The third-order valence-electron chi connectivity index (χ3n) is 2.23. The molecule has 1 rings (SSSR count). The highest BCUT2D eigenvalue weighted by Gasteiger charge is 2.22. The summed E-state index contributed by atoms with van der Waals surface area (Å²) in [6, 6.07) is 6.68. The van der Waals surface area contributed by atoms with E-state index in [2.05, 4.69) is 5.32 Å². The fraction of sp³-hybridized carbons (Fsp3) is 0.500. The average molecular weight is 273 g/mol. The van der Waals surface area contributed by atoms with Crippen LogP contribution in [-0.4, -0.2) is 31.0 Å². The molecule has 0 heterocycles. The van der Waals surface area contributed by atoms with Gasteiger partial charge in [0.05, 0.1) is 19.4 Å². The van der Waals surface area contributed by atoms with Crippen LogP contribution in [0.15, 0.2) is 24.3 Å². The van der Waals surface area contributed by atoms with E-state index in [1.54, 1.807) is 38.1 Å². The quantitative estimate of drug-likeness (QED) is 0.562. The van der Waals surface area contributed by atoms with Crippen LogP contribution in [0, 0.1) is 0 Å². The molecule has 0 aliphatic carbocycles. The fourth-order valence-corrected chi connectivity index (χ4v) is 2.98. The Labute approximate surface area is 108 Å². The van der Waals surface area contributed by atoms with Gasteiger partial charge in [0, 0.05) is 12.2 Å². The lowest BCUT2D eigenvalue weighted by atomic mass is 10.3. The smallest absolute Gasteiger partial charge is 0.332 e. The lowest BCUT2D eigenvalue weighted by molar-refractivity contribution is 0.221. The first-order valence-electron chi connectivity index (χ1n) is 6.00. The van der Waals surface area contributed by atoms with Gasteiger partial charge in [-0.1, -0.05) is 0 Å². The molecule has 0 aliphatic heterocycles. The van der Waals surface area contributed by atoms with Crippen LogP contribution in [0.3, 0.4) is 0 Å². The zero-order chi connectivity index (χ0) is 13.4. The van der Waals surface area contributed by atoms with Crippen LogP contribution in [0.2, 0.25) is 0 Å². The zero-order valence-electron chi connectivity index (χ0n) is 10.8. The number of hydrogen-bond acceptors (Lipinski definition) is 5. The maximum Gasteiger partial charge on any atom is 0.332 e. The second kappa shape index (κ2) is 7.41. The number of rotatable bonds is 8. The first-order chi connectivity index (χ1) is 8.59. The van der Waals surface area contributed by atoms with E-state index < -0.39 is 7.60 Å². The number of anilines is 1. The Morgan fingerprint density at radius 1 is 1.17 bits per heavy atom. The summed E-state index contributed by atoms with van der Waals surface area (Å²) in [7, 11) is -2.98. The van der Waals surface area contributed by atoms with Gasteiger partial charge in [-0.2, -0.15) is 0 Å². The molecule has 2 N–H and O–H groups in total. The summed E-state index contributed by atoms with van der Waals surface area (Å²) in [6.45, 7) is 4.81. The molecule has 0 unspecified atom stereocenters. The summed E-state index contributed by atoms with van der Waals surface area (Å²) >= 11 is 0. The first kappa shape index (κ1) is 15.0. The number of phenols is 1. The highest BCUT2D eigenvalue weighted by Crippen LogP contribution is 2.47. The Bertz CT molecular complexity index is 384. The van der Waals surface area contributed by atoms with Gasteiger partial charge >= 0.3 is 7.60 Å². The number of benzene rings is 1. The molecule has 0 saturated heterocycles. The molecule has 1 aromatic carbocycles. The van der Waals surface area contributed by atoms with Crippen molar-refractivity contribution in [3.63, 3.8) is 0 Å². The molecule has 0 fully saturated rings. The molecule has 0 aliphatic rings. The molecule has 18 heavy (non-hydrogen) atoms. The largest absolute Gasteiger partial charge is 0.508 e. The van der Waals surface area contributed by atoms with Crippen molar-refractivity contribution in [1.82, 2.24) is 0 Å².